The van der Waals surface area contributed by atoms with Gasteiger partial charge in [-0.3, -0.25) is 4.79 Å². The molecule has 0 aliphatic carbocycles. The maximum absolute atomic E-state index is 14.1. The summed E-state index contributed by atoms with van der Waals surface area (Å²) < 4.78 is 64.9. The molecule has 0 atom stereocenters. The Morgan fingerprint density at radius 2 is 1.20 bits per heavy atom. The lowest BCUT2D eigenvalue weighted by Gasteiger charge is -2.36. The van der Waals surface area contributed by atoms with Crippen LogP contribution in [-0.2, 0) is 33.9 Å². The molecule has 16 heteroatoms. The number of benzene rings is 1. The third kappa shape index (κ3) is 10.9. The van der Waals surface area contributed by atoms with Gasteiger partial charge in [0.2, 0.25) is 30.0 Å². The van der Waals surface area contributed by atoms with Crippen molar-refractivity contribution in [1.82, 2.24) is 24.8 Å². The molecule has 2 aromatic heterocycles. The average molecular weight is 666 g/mol. The van der Waals surface area contributed by atoms with Crippen molar-refractivity contribution in [3.05, 3.63) is 48.3 Å². The van der Waals surface area contributed by atoms with E-state index in [1.807, 2.05) is 20.8 Å². The first-order valence-electron chi connectivity index (χ1n) is 14.0. The SMILES string of the molecule is CC(C)(C)N(CCOCCOCCOCCO)C(=O)c1cc(-c2ccnc(S(C)(=O)=O)n2)cc(-c2ccnc(S(C)(=O)=O)n2)c1. The number of aliphatic hydroxyl groups is 1. The number of hydrogen-bond acceptors (Lipinski definition) is 13. The molecule has 1 N–H and O–H groups in total. The molecule has 246 valence electrons. The number of nitrogens with zero attached hydrogens (tertiary/aromatic N) is 5. The lowest BCUT2D eigenvalue weighted by molar-refractivity contribution is 0.00101. The van der Waals surface area contributed by atoms with Crippen LogP contribution in [0.2, 0.25) is 0 Å². The van der Waals surface area contributed by atoms with Gasteiger partial charge in [0.15, 0.2) is 0 Å². The third-order valence-electron chi connectivity index (χ3n) is 6.20. The van der Waals surface area contributed by atoms with Gasteiger partial charge in [-0.25, -0.2) is 36.8 Å². The van der Waals surface area contributed by atoms with Gasteiger partial charge in [0.25, 0.3) is 5.91 Å². The van der Waals surface area contributed by atoms with Crippen LogP contribution < -0.4 is 0 Å². The molecule has 0 radical (unpaired) electrons. The van der Waals surface area contributed by atoms with E-state index in [1.54, 1.807) is 23.1 Å². The molecule has 1 aromatic carbocycles. The number of ether oxygens (including phenoxy) is 3. The highest BCUT2D eigenvalue weighted by molar-refractivity contribution is 7.90. The molecule has 0 bridgehead atoms. The zero-order valence-electron chi connectivity index (χ0n) is 26.0. The number of aromatic nitrogens is 4. The smallest absolute Gasteiger partial charge is 0.254 e. The number of aliphatic hydroxyl groups excluding tert-OH is 1. The van der Waals surface area contributed by atoms with Crippen molar-refractivity contribution in [2.45, 2.75) is 36.6 Å². The van der Waals surface area contributed by atoms with Gasteiger partial charge in [-0.2, -0.15) is 0 Å². The van der Waals surface area contributed by atoms with E-state index in [2.05, 4.69) is 19.9 Å². The first-order chi connectivity index (χ1) is 21.1. The second-order valence-electron chi connectivity index (χ2n) is 11.0. The van der Waals surface area contributed by atoms with Gasteiger partial charge in [0.05, 0.1) is 57.6 Å². The Bertz CT molecular complexity index is 1580. The summed E-state index contributed by atoms with van der Waals surface area (Å²) in [6.07, 6.45) is 4.61. The number of rotatable bonds is 16. The van der Waals surface area contributed by atoms with Crippen molar-refractivity contribution in [3.8, 4) is 22.5 Å². The summed E-state index contributed by atoms with van der Waals surface area (Å²) in [5.41, 5.74) is 0.897. The highest BCUT2D eigenvalue weighted by atomic mass is 32.2. The Morgan fingerprint density at radius 1 is 0.756 bits per heavy atom. The van der Waals surface area contributed by atoms with Crippen LogP contribution in [0.5, 0.6) is 0 Å². The van der Waals surface area contributed by atoms with Crippen LogP contribution in [0.15, 0.2) is 53.0 Å². The van der Waals surface area contributed by atoms with Gasteiger partial charge in [-0.05, 0) is 51.1 Å². The van der Waals surface area contributed by atoms with Crippen LogP contribution >= 0.6 is 0 Å². The molecule has 0 saturated heterocycles. The molecule has 0 aliphatic rings. The molecular weight excluding hydrogens is 626 g/mol. The number of carbonyl (C=O) groups is 1. The molecule has 45 heavy (non-hydrogen) atoms. The van der Waals surface area contributed by atoms with Crippen LogP contribution in [0.1, 0.15) is 31.1 Å². The average Bonchev–Trinajstić information content (AvgIpc) is 2.98. The van der Waals surface area contributed by atoms with Crippen molar-refractivity contribution < 1.29 is 40.9 Å². The molecule has 2 heterocycles. The minimum Gasteiger partial charge on any atom is -0.394 e. The number of hydrogen-bond donors (Lipinski definition) is 1. The molecule has 3 aromatic rings. The van der Waals surface area contributed by atoms with Gasteiger partial charge in [-0.1, -0.05) is 0 Å². The van der Waals surface area contributed by atoms with E-state index in [0.29, 0.717) is 37.6 Å². The third-order valence-corrected chi connectivity index (χ3v) is 7.92. The van der Waals surface area contributed by atoms with Crippen LogP contribution in [0.25, 0.3) is 22.5 Å². The van der Waals surface area contributed by atoms with E-state index >= 15 is 0 Å². The van der Waals surface area contributed by atoms with Crippen molar-refractivity contribution in [2.24, 2.45) is 0 Å². The van der Waals surface area contributed by atoms with Gasteiger partial charge in [0, 0.05) is 53.7 Å². The van der Waals surface area contributed by atoms with Crippen molar-refractivity contribution in [2.75, 3.05) is 65.3 Å². The Labute approximate surface area is 263 Å². The van der Waals surface area contributed by atoms with E-state index in [-0.39, 0.29) is 59.5 Å². The summed E-state index contributed by atoms with van der Waals surface area (Å²) in [6, 6.07) is 7.84. The lowest BCUT2D eigenvalue weighted by Crippen LogP contribution is -2.47. The topological polar surface area (TPSA) is 188 Å². The minimum atomic E-state index is -3.72. The van der Waals surface area contributed by atoms with Crippen molar-refractivity contribution in [3.63, 3.8) is 0 Å². The maximum Gasteiger partial charge on any atom is 0.254 e. The molecule has 3 rings (SSSR count). The Hall–Kier alpha value is -3.41. The molecule has 14 nitrogen and oxygen atoms in total. The molecule has 0 saturated carbocycles. The number of sulfone groups is 2. The van der Waals surface area contributed by atoms with Crippen LogP contribution in [0.4, 0.5) is 0 Å². The predicted molar refractivity (Wildman–Crippen MR) is 165 cm³/mol. The summed E-state index contributed by atoms with van der Waals surface area (Å²) in [4.78, 5) is 31.8. The molecule has 0 spiro atoms. The highest BCUT2D eigenvalue weighted by Crippen LogP contribution is 2.29. The fourth-order valence-corrected chi connectivity index (χ4v) is 5.10. The first kappa shape index (κ1) is 36.1. The Morgan fingerprint density at radius 3 is 1.62 bits per heavy atom. The fraction of sp³-hybridized carbons (Fsp3) is 0.483. The van der Waals surface area contributed by atoms with Crippen molar-refractivity contribution >= 4 is 25.6 Å². The highest BCUT2D eigenvalue weighted by Gasteiger charge is 2.28. The number of amides is 1. The van der Waals surface area contributed by atoms with Crippen molar-refractivity contribution in [1.29, 1.82) is 0 Å². The summed E-state index contributed by atoms with van der Waals surface area (Å²) in [5.74, 6) is -0.346. The maximum atomic E-state index is 14.1. The summed E-state index contributed by atoms with van der Waals surface area (Å²) >= 11 is 0. The van der Waals surface area contributed by atoms with Crippen LogP contribution in [-0.4, -0.2) is 124 Å². The second kappa shape index (κ2) is 15.7. The zero-order valence-corrected chi connectivity index (χ0v) is 27.6. The second-order valence-corrected chi connectivity index (χ2v) is 14.8. The lowest BCUT2D eigenvalue weighted by atomic mass is 9.98. The first-order valence-corrected chi connectivity index (χ1v) is 17.8. The molecule has 1 amide bonds. The number of carbonyl (C=O) groups excluding carboxylic acids is 1. The largest absolute Gasteiger partial charge is 0.394 e. The standard InChI is InChI=1S/C29H39N5O9S2/c1-29(2,3)34(10-12-41-14-16-43-17-15-42-13-11-35)26(36)23-19-21(24-6-8-30-27(32-24)44(4,37)38)18-22(20-23)25-7-9-31-28(33-25)45(5,39)40/h6-9,18-20,35H,10-17H2,1-5H3. The Balaban J connectivity index is 1.93. The monoisotopic (exact) mass is 665 g/mol. The molecule has 0 aliphatic heterocycles. The van der Waals surface area contributed by atoms with E-state index < -0.39 is 25.2 Å². The fourth-order valence-electron chi connectivity index (χ4n) is 4.07. The summed E-state index contributed by atoms with van der Waals surface area (Å²) in [5, 5.41) is 7.96. The van der Waals surface area contributed by atoms with E-state index in [4.69, 9.17) is 19.3 Å². The van der Waals surface area contributed by atoms with Gasteiger partial charge in [-0.15, -0.1) is 0 Å². The van der Waals surface area contributed by atoms with Crippen LogP contribution in [0.3, 0.4) is 0 Å². The summed E-state index contributed by atoms with van der Waals surface area (Å²) in [6.45, 7) is 7.71. The van der Waals surface area contributed by atoms with Gasteiger partial charge >= 0.3 is 0 Å². The van der Waals surface area contributed by atoms with Gasteiger partial charge < -0.3 is 24.2 Å². The van der Waals surface area contributed by atoms with Crippen LogP contribution in [0, 0.1) is 0 Å². The van der Waals surface area contributed by atoms with E-state index in [1.165, 1.54) is 24.5 Å². The quantitative estimate of drug-likeness (QED) is 0.172. The minimum absolute atomic E-state index is 0.0484. The normalized spacial score (nSPS) is 12.3. The molecular formula is C29H39N5O9S2. The van der Waals surface area contributed by atoms with E-state index in [0.717, 1.165) is 12.5 Å². The summed E-state index contributed by atoms with van der Waals surface area (Å²) in [7, 11) is -7.45. The zero-order chi connectivity index (χ0) is 33.3. The molecule has 0 fully saturated rings. The van der Waals surface area contributed by atoms with E-state index in [9.17, 15) is 21.6 Å². The molecule has 0 unspecified atom stereocenters. The predicted octanol–water partition coefficient (Wildman–Crippen LogP) is 1.69. The van der Waals surface area contributed by atoms with Gasteiger partial charge in [0.1, 0.15) is 0 Å². The Kier molecular flexibility index (Phi) is 12.6.